The van der Waals surface area contributed by atoms with Gasteiger partial charge in [-0.15, -0.1) is 11.3 Å². The van der Waals surface area contributed by atoms with Crippen LogP contribution in [-0.4, -0.2) is 4.57 Å². The summed E-state index contributed by atoms with van der Waals surface area (Å²) in [7, 11) is 0. The Morgan fingerprint density at radius 2 is 1.06 bits per heavy atom. The van der Waals surface area contributed by atoms with Gasteiger partial charge in [0.2, 0.25) is 0 Å². The molecule has 0 N–H and O–H groups in total. The van der Waals surface area contributed by atoms with Crippen molar-refractivity contribution in [2.75, 3.05) is 0 Å². The molecule has 3 aromatic heterocycles. The van der Waals surface area contributed by atoms with E-state index in [4.69, 9.17) is 4.42 Å². The number of thiophene rings is 1. The van der Waals surface area contributed by atoms with Crippen LogP contribution >= 0.6 is 11.3 Å². The summed E-state index contributed by atoms with van der Waals surface area (Å²) in [5.74, 6) is -0.00303. The van der Waals surface area contributed by atoms with E-state index >= 15 is 0 Å². The van der Waals surface area contributed by atoms with E-state index in [0.717, 1.165) is 27.6 Å². The fraction of sp³-hybridized carbons (Fsp3) is 0.0213. The summed E-state index contributed by atoms with van der Waals surface area (Å²) in [4.78, 5) is 0. The van der Waals surface area contributed by atoms with Crippen molar-refractivity contribution in [3.63, 3.8) is 0 Å². The van der Waals surface area contributed by atoms with Gasteiger partial charge in [0.1, 0.15) is 11.2 Å². The number of aromatic nitrogens is 1. The molecule has 0 aliphatic heterocycles. The maximum atomic E-state index is 6.45. The number of fused-ring (bicyclic) bond motifs is 11. The van der Waals surface area contributed by atoms with E-state index in [-0.39, 0.29) is 5.92 Å². The first-order valence-electron chi connectivity index (χ1n) is 17.1. The van der Waals surface area contributed by atoms with Gasteiger partial charge in [-0.05, 0) is 82.1 Å². The minimum Gasteiger partial charge on any atom is -0.456 e. The number of hydrogen-bond acceptors (Lipinski definition) is 2. The Labute approximate surface area is 292 Å². The molecule has 0 fully saturated rings. The topological polar surface area (TPSA) is 18.1 Å². The standard InChI is InChI=1S/C47H29NOS/c1-2-11-33(12-3-1)48-40-24-21-30(26-39(40)47-34-13-5-4-10-29(34)20-25-41(47)48)46(31-18-22-36-35-14-6-8-16-42(35)49-43(36)27-31)32-19-23-38-37-15-7-9-17-44(37)50-45(38)28-32/h1-28,46H. The lowest BCUT2D eigenvalue weighted by molar-refractivity contribution is 0.668. The van der Waals surface area contributed by atoms with E-state index in [1.807, 2.05) is 17.4 Å². The highest BCUT2D eigenvalue weighted by atomic mass is 32.1. The van der Waals surface area contributed by atoms with Crippen molar-refractivity contribution < 1.29 is 4.42 Å². The Hall–Kier alpha value is -6.16. The molecule has 8 aromatic carbocycles. The molecule has 2 nitrogen and oxygen atoms in total. The van der Waals surface area contributed by atoms with Crippen molar-refractivity contribution in [2.45, 2.75) is 5.92 Å². The summed E-state index contributed by atoms with van der Waals surface area (Å²) >= 11 is 1.87. The zero-order valence-corrected chi connectivity index (χ0v) is 27.8. The molecule has 1 atom stereocenters. The van der Waals surface area contributed by atoms with Gasteiger partial charge >= 0.3 is 0 Å². The van der Waals surface area contributed by atoms with Gasteiger partial charge in [-0.3, -0.25) is 0 Å². The number of benzene rings is 8. The number of nitrogens with zero attached hydrogens (tertiary/aromatic N) is 1. The first-order chi connectivity index (χ1) is 24.8. The second kappa shape index (κ2) is 10.7. The summed E-state index contributed by atoms with van der Waals surface area (Å²) in [5.41, 5.74) is 9.18. The minimum atomic E-state index is -0.00303. The summed E-state index contributed by atoms with van der Waals surface area (Å²) in [6, 6.07) is 62.1. The first kappa shape index (κ1) is 27.8. The molecular weight excluding hydrogens is 627 g/mol. The third-order valence-electron chi connectivity index (χ3n) is 10.5. The molecule has 0 aliphatic rings. The second-order valence-corrected chi connectivity index (χ2v) is 14.4. The third-order valence-corrected chi connectivity index (χ3v) is 11.6. The van der Waals surface area contributed by atoms with Gasteiger partial charge in [-0.25, -0.2) is 0 Å². The van der Waals surface area contributed by atoms with E-state index in [2.05, 4.69) is 168 Å². The van der Waals surface area contributed by atoms with Gasteiger partial charge in [-0.2, -0.15) is 0 Å². The number of furan rings is 1. The number of para-hydroxylation sites is 2. The van der Waals surface area contributed by atoms with Crippen LogP contribution in [0.15, 0.2) is 174 Å². The highest BCUT2D eigenvalue weighted by Gasteiger charge is 2.23. The maximum absolute atomic E-state index is 6.45. The molecule has 234 valence electrons. The molecule has 50 heavy (non-hydrogen) atoms. The largest absolute Gasteiger partial charge is 0.456 e. The summed E-state index contributed by atoms with van der Waals surface area (Å²) in [5, 5.41) is 10.0. The SMILES string of the molecule is c1ccc(-n2c3ccc(C(c4ccc5c(c4)oc4ccccc45)c4ccc5c(c4)sc4ccccc45)cc3c3c4ccccc4ccc32)cc1. The van der Waals surface area contributed by atoms with Crippen LogP contribution in [0.3, 0.4) is 0 Å². The molecule has 0 saturated heterocycles. The van der Waals surface area contributed by atoms with Crippen LogP contribution in [-0.2, 0) is 0 Å². The van der Waals surface area contributed by atoms with Crippen molar-refractivity contribution >= 4 is 86.0 Å². The molecule has 0 amide bonds. The van der Waals surface area contributed by atoms with Crippen LogP contribution in [0.5, 0.6) is 0 Å². The molecular formula is C47H29NOS. The molecule has 3 heteroatoms. The molecule has 3 heterocycles. The first-order valence-corrected chi connectivity index (χ1v) is 17.9. The van der Waals surface area contributed by atoms with Crippen molar-refractivity contribution in [1.82, 2.24) is 4.57 Å². The highest BCUT2D eigenvalue weighted by Crippen LogP contribution is 2.43. The van der Waals surface area contributed by atoms with E-state index in [0.29, 0.717) is 0 Å². The quantitative estimate of drug-likeness (QED) is 0.173. The van der Waals surface area contributed by atoms with Gasteiger partial charge in [-0.1, -0.05) is 115 Å². The van der Waals surface area contributed by atoms with E-state index in [1.54, 1.807) is 0 Å². The van der Waals surface area contributed by atoms with Crippen molar-refractivity contribution in [1.29, 1.82) is 0 Å². The Bertz CT molecular complexity index is 2990. The molecule has 11 rings (SSSR count). The smallest absolute Gasteiger partial charge is 0.135 e. The zero-order chi connectivity index (χ0) is 32.8. The molecule has 11 aromatic rings. The lowest BCUT2D eigenvalue weighted by atomic mass is 9.84. The fourth-order valence-corrected chi connectivity index (χ4v) is 9.42. The Morgan fingerprint density at radius 1 is 0.420 bits per heavy atom. The normalized spacial score (nSPS) is 12.7. The summed E-state index contributed by atoms with van der Waals surface area (Å²) in [6.45, 7) is 0. The van der Waals surface area contributed by atoms with Gasteiger partial charge in [0.15, 0.2) is 0 Å². The van der Waals surface area contributed by atoms with Crippen LogP contribution in [0, 0.1) is 0 Å². The van der Waals surface area contributed by atoms with Crippen LogP contribution in [0.25, 0.3) is 80.4 Å². The van der Waals surface area contributed by atoms with E-state index in [9.17, 15) is 0 Å². The van der Waals surface area contributed by atoms with Crippen LogP contribution in [0.1, 0.15) is 22.6 Å². The average molecular weight is 656 g/mol. The molecule has 1 unspecified atom stereocenters. The Morgan fingerprint density at radius 3 is 1.96 bits per heavy atom. The van der Waals surface area contributed by atoms with Crippen LogP contribution in [0.4, 0.5) is 0 Å². The van der Waals surface area contributed by atoms with Crippen molar-refractivity contribution in [3.05, 3.63) is 187 Å². The minimum absolute atomic E-state index is 0.00303. The van der Waals surface area contributed by atoms with E-state index < -0.39 is 0 Å². The Kier molecular flexibility index (Phi) is 5.92. The van der Waals surface area contributed by atoms with Crippen LogP contribution < -0.4 is 0 Å². The van der Waals surface area contributed by atoms with Gasteiger partial charge in [0.25, 0.3) is 0 Å². The summed E-state index contributed by atoms with van der Waals surface area (Å²) in [6.07, 6.45) is 0. The van der Waals surface area contributed by atoms with Gasteiger partial charge < -0.3 is 8.98 Å². The highest BCUT2D eigenvalue weighted by molar-refractivity contribution is 7.25. The Balaban J connectivity index is 1.20. The molecule has 0 radical (unpaired) electrons. The maximum Gasteiger partial charge on any atom is 0.135 e. The number of hydrogen-bond donors (Lipinski definition) is 0. The third kappa shape index (κ3) is 4.08. The summed E-state index contributed by atoms with van der Waals surface area (Å²) < 4.78 is 11.5. The van der Waals surface area contributed by atoms with Gasteiger partial charge in [0.05, 0.1) is 11.0 Å². The number of rotatable bonds is 4. The average Bonchev–Trinajstić information content (AvgIpc) is 3.84. The lowest BCUT2D eigenvalue weighted by Gasteiger charge is -2.20. The van der Waals surface area contributed by atoms with Crippen molar-refractivity contribution in [2.24, 2.45) is 0 Å². The van der Waals surface area contributed by atoms with Gasteiger partial charge in [0, 0.05) is 53.3 Å². The molecule has 0 aliphatic carbocycles. The zero-order valence-electron chi connectivity index (χ0n) is 27.0. The second-order valence-electron chi connectivity index (χ2n) is 13.3. The predicted molar refractivity (Wildman–Crippen MR) is 212 cm³/mol. The molecule has 0 spiro atoms. The molecule has 0 bridgehead atoms. The predicted octanol–water partition coefficient (Wildman–Crippen LogP) is 13.4. The monoisotopic (exact) mass is 655 g/mol. The molecule has 0 saturated carbocycles. The van der Waals surface area contributed by atoms with Crippen molar-refractivity contribution in [3.8, 4) is 5.69 Å². The lowest BCUT2D eigenvalue weighted by Crippen LogP contribution is -2.03. The van der Waals surface area contributed by atoms with E-state index in [1.165, 1.54) is 69.4 Å². The fourth-order valence-electron chi connectivity index (χ4n) is 8.26. The van der Waals surface area contributed by atoms with Crippen LogP contribution in [0.2, 0.25) is 0 Å².